The Kier molecular flexibility index (Phi) is 2.62. The summed E-state index contributed by atoms with van der Waals surface area (Å²) in [4.78, 5) is 25.7. The van der Waals surface area contributed by atoms with Gasteiger partial charge in [-0.1, -0.05) is 12.8 Å². The lowest BCUT2D eigenvalue weighted by Crippen LogP contribution is -2.54. The number of likely N-dealkylation sites (tertiary alicyclic amines) is 1. The Bertz CT molecular complexity index is 493. The van der Waals surface area contributed by atoms with Crippen LogP contribution in [0.3, 0.4) is 0 Å². The van der Waals surface area contributed by atoms with Crippen LogP contribution in [-0.2, 0) is 9.59 Å². The molecule has 0 aromatic heterocycles. The number of rotatable bonds is 1. The van der Waals surface area contributed by atoms with Gasteiger partial charge in [0.15, 0.2) is 0 Å². The SMILES string of the molecule is N=C1/C(=C\N)CC2(CC(=O)NC2=O)N1C1CCCC1. The first-order chi connectivity index (χ1) is 9.08. The molecule has 2 amide bonds. The molecule has 0 aromatic carbocycles. The monoisotopic (exact) mass is 262 g/mol. The first kappa shape index (κ1) is 12.2. The standard InChI is InChI=1S/C13H18N4O2/c14-7-8-5-13(6-10(18)16-12(13)19)17(11(8)15)9-3-1-2-4-9/h7,9,15H,1-6,14H2,(H,16,18,19)/b8-7-,15-11?. The van der Waals surface area contributed by atoms with Crippen LogP contribution in [0.5, 0.6) is 0 Å². The Morgan fingerprint density at radius 2 is 2.00 bits per heavy atom. The van der Waals surface area contributed by atoms with Crippen molar-refractivity contribution in [1.82, 2.24) is 10.2 Å². The zero-order valence-corrected chi connectivity index (χ0v) is 10.7. The summed E-state index contributed by atoms with van der Waals surface area (Å²) in [5, 5.41) is 10.6. The summed E-state index contributed by atoms with van der Waals surface area (Å²) in [6.07, 6.45) is 6.09. The molecule has 3 rings (SSSR count). The van der Waals surface area contributed by atoms with Crippen LogP contribution in [-0.4, -0.2) is 34.1 Å². The number of imide groups is 1. The Balaban J connectivity index is 2.03. The molecule has 1 aliphatic carbocycles. The first-order valence-electron chi connectivity index (χ1n) is 6.72. The minimum atomic E-state index is -0.894. The van der Waals surface area contributed by atoms with Crippen LogP contribution >= 0.6 is 0 Å². The number of nitrogens with two attached hydrogens (primary N) is 1. The molecular formula is C13H18N4O2. The molecule has 102 valence electrons. The van der Waals surface area contributed by atoms with E-state index < -0.39 is 5.54 Å². The molecule has 0 aromatic rings. The van der Waals surface area contributed by atoms with Gasteiger partial charge in [-0.2, -0.15) is 0 Å². The topological polar surface area (TPSA) is 99.3 Å². The van der Waals surface area contributed by atoms with Gasteiger partial charge in [0, 0.05) is 24.2 Å². The second kappa shape index (κ2) is 4.08. The predicted molar refractivity (Wildman–Crippen MR) is 69.2 cm³/mol. The highest BCUT2D eigenvalue weighted by Crippen LogP contribution is 2.43. The van der Waals surface area contributed by atoms with Crippen LogP contribution in [0.15, 0.2) is 11.8 Å². The molecule has 4 N–H and O–H groups in total. The number of carbonyl (C=O) groups is 2. The third kappa shape index (κ3) is 1.59. The molecule has 1 unspecified atom stereocenters. The second-order valence-electron chi connectivity index (χ2n) is 5.61. The molecule has 2 saturated heterocycles. The highest BCUT2D eigenvalue weighted by molar-refractivity contribution is 6.14. The zero-order chi connectivity index (χ0) is 13.6. The summed E-state index contributed by atoms with van der Waals surface area (Å²) in [6.45, 7) is 0. The third-order valence-corrected chi connectivity index (χ3v) is 4.51. The van der Waals surface area contributed by atoms with E-state index in [1.54, 1.807) is 0 Å². The van der Waals surface area contributed by atoms with Gasteiger partial charge in [0.2, 0.25) is 5.91 Å². The minimum Gasteiger partial charge on any atom is -0.404 e. The summed E-state index contributed by atoms with van der Waals surface area (Å²) in [6, 6.07) is 0.182. The number of amidine groups is 1. The summed E-state index contributed by atoms with van der Waals surface area (Å²) >= 11 is 0. The number of nitrogens with zero attached hydrogens (tertiary/aromatic N) is 1. The van der Waals surface area contributed by atoms with Crippen LogP contribution in [0.2, 0.25) is 0 Å². The molecule has 6 heteroatoms. The van der Waals surface area contributed by atoms with Crippen molar-refractivity contribution in [2.75, 3.05) is 0 Å². The number of carbonyl (C=O) groups excluding carboxylic acids is 2. The van der Waals surface area contributed by atoms with Crippen molar-refractivity contribution in [3.63, 3.8) is 0 Å². The van der Waals surface area contributed by atoms with E-state index in [1.165, 1.54) is 6.20 Å². The van der Waals surface area contributed by atoms with Crippen LogP contribution < -0.4 is 11.1 Å². The van der Waals surface area contributed by atoms with Gasteiger partial charge in [-0.25, -0.2) is 0 Å². The van der Waals surface area contributed by atoms with Gasteiger partial charge in [0.1, 0.15) is 11.4 Å². The average Bonchev–Trinajstić information content (AvgIpc) is 3.01. The lowest BCUT2D eigenvalue weighted by Gasteiger charge is -2.37. The van der Waals surface area contributed by atoms with E-state index in [0.717, 1.165) is 25.7 Å². The fraction of sp³-hybridized carbons (Fsp3) is 0.615. The van der Waals surface area contributed by atoms with E-state index in [2.05, 4.69) is 5.32 Å². The van der Waals surface area contributed by atoms with Gasteiger partial charge in [0.05, 0.1) is 6.42 Å². The van der Waals surface area contributed by atoms with E-state index in [1.807, 2.05) is 4.90 Å². The summed E-state index contributed by atoms with van der Waals surface area (Å²) in [5.41, 5.74) is 5.34. The van der Waals surface area contributed by atoms with Crippen molar-refractivity contribution in [3.8, 4) is 0 Å². The quantitative estimate of drug-likeness (QED) is 0.589. The van der Waals surface area contributed by atoms with Crippen molar-refractivity contribution >= 4 is 17.6 Å². The number of hydrogen-bond donors (Lipinski definition) is 3. The predicted octanol–water partition coefficient (Wildman–Crippen LogP) is 0.240. The molecule has 2 heterocycles. The smallest absolute Gasteiger partial charge is 0.253 e. The number of hydrogen-bond acceptors (Lipinski definition) is 4. The molecule has 0 bridgehead atoms. The maximum atomic E-state index is 12.2. The van der Waals surface area contributed by atoms with Crippen molar-refractivity contribution < 1.29 is 9.59 Å². The first-order valence-corrected chi connectivity index (χ1v) is 6.72. The Hall–Kier alpha value is -1.85. The lowest BCUT2D eigenvalue weighted by molar-refractivity contribution is -0.128. The highest BCUT2D eigenvalue weighted by atomic mass is 16.2. The van der Waals surface area contributed by atoms with E-state index in [-0.39, 0.29) is 24.3 Å². The van der Waals surface area contributed by atoms with E-state index in [9.17, 15) is 9.59 Å². The summed E-state index contributed by atoms with van der Waals surface area (Å²) < 4.78 is 0. The normalized spacial score (nSPS) is 34.0. The summed E-state index contributed by atoms with van der Waals surface area (Å²) in [7, 11) is 0. The molecule has 1 atom stereocenters. The van der Waals surface area contributed by atoms with Crippen molar-refractivity contribution in [2.24, 2.45) is 5.73 Å². The van der Waals surface area contributed by atoms with Crippen molar-refractivity contribution in [3.05, 3.63) is 11.8 Å². The van der Waals surface area contributed by atoms with Gasteiger partial charge < -0.3 is 10.6 Å². The molecule has 0 radical (unpaired) electrons. The van der Waals surface area contributed by atoms with E-state index in [4.69, 9.17) is 11.1 Å². The van der Waals surface area contributed by atoms with Crippen LogP contribution in [0.4, 0.5) is 0 Å². The second-order valence-corrected chi connectivity index (χ2v) is 5.61. The molecule has 3 aliphatic rings. The zero-order valence-electron chi connectivity index (χ0n) is 10.7. The third-order valence-electron chi connectivity index (χ3n) is 4.51. The van der Waals surface area contributed by atoms with Gasteiger partial charge in [-0.05, 0) is 12.8 Å². The van der Waals surface area contributed by atoms with Gasteiger partial charge in [-0.3, -0.25) is 20.3 Å². The maximum Gasteiger partial charge on any atom is 0.253 e. The van der Waals surface area contributed by atoms with Crippen molar-refractivity contribution in [1.29, 1.82) is 5.41 Å². The van der Waals surface area contributed by atoms with Crippen LogP contribution in [0.25, 0.3) is 0 Å². The van der Waals surface area contributed by atoms with Crippen molar-refractivity contribution in [2.45, 2.75) is 50.1 Å². The molecule has 1 spiro atoms. The Labute approximate surface area is 111 Å². The maximum absolute atomic E-state index is 12.2. The van der Waals surface area contributed by atoms with E-state index in [0.29, 0.717) is 17.8 Å². The van der Waals surface area contributed by atoms with Gasteiger partial charge in [-0.15, -0.1) is 0 Å². The molecule has 3 fully saturated rings. The number of nitrogens with one attached hydrogen (secondary N) is 2. The Morgan fingerprint density at radius 1 is 1.32 bits per heavy atom. The minimum absolute atomic E-state index is 0.141. The van der Waals surface area contributed by atoms with E-state index >= 15 is 0 Å². The lowest BCUT2D eigenvalue weighted by atomic mass is 9.91. The Morgan fingerprint density at radius 3 is 2.53 bits per heavy atom. The van der Waals surface area contributed by atoms with Gasteiger partial charge >= 0.3 is 0 Å². The molecular weight excluding hydrogens is 244 g/mol. The largest absolute Gasteiger partial charge is 0.404 e. The molecule has 19 heavy (non-hydrogen) atoms. The molecule has 2 aliphatic heterocycles. The molecule has 1 saturated carbocycles. The number of amides is 2. The average molecular weight is 262 g/mol. The van der Waals surface area contributed by atoms with Crippen LogP contribution in [0.1, 0.15) is 38.5 Å². The highest BCUT2D eigenvalue weighted by Gasteiger charge is 2.58. The van der Waals surface area contributed by atoms with Gasteiger partial charge in [0.25, 0.3) is 5.91 Å². The molecule has 6 nitrogen and oxygen atoms in total. The fourth-order valence-electron chi connectivity index (χ4n) is 3.66. The fourth-order valence-corrected chi connectivity index (χ4v) is 3.66. The van der Waals surface area contributed by atoms with Crippen LogP contribution in [0, 0.1) is 5.41 Å². The summed E-state index contributed by atoms with van der Waals surface area (Å²) in [5.74, 6) is -0.204.